The number of aliphatic hydroxyl groups excluding tert-OH is 1. The topological polar surface area (TPSA) is 211 Å². The van der Waals surface area contributed by atoms with Crippen molar-refractivity contribution in [3.63, 3.8) is 0 Å². The molecular formula is C16H23N4O7P-2. The molecule has 0 amide bonds. The minimum Gasteiger partial charge on any atom is -0.790 e. The molecule has 156 valence electrons. The first-order chi connectivity index (χ1) is 13.1. The average Bonchev–Trinajstić information content (AvgIpc) is 2.64. The Balaban J connectivity index is 0.000000292. The quantitative estimate of drug-likeness (QED) is 0.360. The minimum atomic E-state index is -5.04. The molecule has 0 aliphatic carbocycles. The van der Waals surface area contributed by atoms with E-state index in [0.29, 0.717) is 28.1 Å². The van der Waals surface area contributed by atoms with E-state index in [4.69, 9.17) is 16.6 Å². The maximum Gasteiger partial charge on any atom is 0.141 e. The van der Waals surface area contributed by atoms with E-state index in [1.807, 2.05) is 0 Å². The standard InChI is InChI=1S/C8H13N2O5P.C8H12N2O2/c1-5-8(11)7(2-9)6(3-10-5)4-15-16(12,13)14;1-5-8(12)7(2-9)6(4-11)3-10-5/h3,11H,2,4,9H2,1H3,(H2,12,13,14);3,11-12H,2,4,9H2,1H3/p-2. The number of phosphoric acid groups is 1. The highest BCUT2D eigenvalue weighted by atomic mass is 31.2. The van der Waals surface area contributed by atoms with Gasteiger partial charge in [0.2, 0.25) is 0 Å². The third-order valence-electron chi connectivity index (χ3n) is 3.82. The fourth-order valence-corrected chi connectivity index (χ4v) is 2.53. The molecule has 2 heterocycles. The fraction of sp³-hybridized carbons (Fsp3) is 0.375. The molecule has 0 saturated carbocycles. The highest BCUT2D eigenvalue weighted by molar-refractivity contribution is 7.43. The summed E-state index contributed by atoms with van der Waals surface area (Å²) in [4.78, 5) is 28.3. The lowest BCUT2D eigenvalue weighted by molar-refractivity contribution is -0.342. The number of aromatic nitrogens is 2. The molecule has 2 aromatic heterocycles. The number of aliphatic hydroxyl groups is 1. The van der Waals surface area contributed by atoms with E-state index in [0.717, 1.165) is 0 Å². The van der Waals surface area contributed by atoms with Crippen LogP contribution in [0.25, 0.3) is 0 Å². The van der Waals surface area contributed by atoms with Gasteiger partial charge in [-0.05, 0) is 13.8 Å². The van der Waals surface area contributed by atoms with E-state index in [2.05, 4.69) is 14.5 Å². The highest BCUT2D eigenvalue weighted by Gasteiger charge is 2.11. The van der Waals surface area contributed by atoms with Crippen LogP contribution in [0.3, 0.4) is 0 Å². The molecule has 2 rings (SSSR count). The molecular weight excluding hydrogens is 391 g/mol. The number of hydrogen-bond donors (Lipinski definition) is 5. The molecule has 0 aromatic carbocycles. The van der Waals surface area contributed by atoms with Crippen LogP contribution in [0.1, 0.15) is 33.6 Å². The van der Waals surface area contributed by atoms with Gasteiger partial charge < -0.3 is 45.7 Å². The van der Waals surface area contributed by atoms with Crippen LogP contribution in [0, 0.1) is 13.8 Å². The predicted molar refractivity (Wildman–Crippen MR) is 95.4 cm³/mol. The second-order valence-corrected chi connectivity index (χ2v) is 6.83. The highest BCUT2D eigenvalue weighted by Crippen LogP contribution is 2.30. The molecule has 11 nitrogen and oxygen atoms in total. The number of phosphoric ester groups is 1. The van der Waals surface area contributed by atoms with Gasteiger partial charge in [-0.2, -0.15) is 0 Å². The lowest BCUT2D eigenvalue weighted by atomic mass is 10.1. The second kappa shape index (κ2) is 10.4. The second-order valence-electron chi connectivity index (χ2n) is 5.68. The third kappa shape index (κ3) is 6.50. The van der Waals surface area contributed by atoms with Gasteiger partial charge in [0.25, 0.3) is 0 Å². The van der Waals surface area contributed by atoms with Crippen molar-refractivity contribution in [2.24, 2.45) is 11.5 Å². The molecule has 0 aliphatic rings. The Bertz CT molecular complexity index is 857. The van der Waals surface area contributed by atoms with Crippen molar-refractivity contribution < 1.29 is 34.2 Å². The van der Waals surface area contributed by atoms with Crippen LogP contribution in [-0.2, 0) is 35.4 Å². The summed E-state index contributed by atoms with van der Waals surface area (Å²) in [7, 11) is -5.04. The van der Waals surface area contributed by atoms with E-state index in [1.54, 1.807) is 13.8 Å². The number of nitrogens with zero attached hydrogens (tertiary/aromatic N) is 2. The van der Waals surface area contributed by atoms with Gasteiger partial charge in [-0.3, -0.25) is 9.97 Å². The first kappa shape index (κ1) is 23.9. The van der Waals surface area contributed by atoms with Gasteiger partial charge in [0, 0.05) is 47.7 Å². The zero-order valence-electron chi connectivity index (χ0n) is 15.5. The van der Waals surface area contributed by atoms with Crippen molar-refractivity contribution in [3.05, 3.63) is 46.0 Å². The zero-order valence-corrected chi connectivity index (χ0v) is 16.3. The molecule has 12 heteroatoms. The van der Waals surface area contributed by atoms with E-state index in [-0.39, 0.29) is 36.8 Å². The van der Waals surface area contributed by atoms with Crippen molar-refractivity contribution in [3.8, 4) is 11.5 Å². The summed E-state index contributed by atoms with van der Waals surface area (Å²) < 4.78 is 14.4. The third-order valence-corrected chi connectivity index (χ3v) is 4.26. The van der Waals surface area contributed by atoms with Crippen LogP contribution >= 0.6 is 7.82 Å². The Kier molecular flexibility index (Phi) is 8.92. The number of rotatable bonds is 6. The maximum atomic E-state index is 10.3. The van der Waals surface area contributed by atoms with Gasteiger partial charge in [0.15, 0.2) is 0 Å². The van der Waals surface area contributed by atoms with Crippen LogP contribution in [0.2, 0.25) is 0 Å². The molecule has 0 unspecified atom stereocenters. The normalized spacial score (nSPS) is 11.1. The van der Waals surface area contributed by atoms with Crippen LogP contribution in [0.5, 0.6) is 11.5 Å². The van der Waals surface area contributed by atoms with Crippen LogP contribution in [0.4, 0.5) is 0 Å². The number of nitrogens with two attached hydrogens (primary N) is 2. The first-order valence-corrected chi connectivity index (χ1v) is 9.51. The summed E-state index contributed by atoms with van der Waals surface area (Å²) in [6.45, 7) is 2.85. The maximum absolute atomic E-state index is 10.3. The van der Waals surface area contributed by atoms with E-state index >= 15 is 0 Å². The summed E-state index contributed by atoms with van der Waals surface area (Å²) in [6, 6.07) is 0. The van der Waals surface area contributed by atoms with E-state index in [9.17, 15) is 24.6 Å². The lowest BCUT2D eigenvalue weighted by Gasteiger charge is -2.28. The van der Waals surface area contributed by atoms with Crippen molar-refractivity contribution in [1.29, 1.82) is 0 Å². The lowest BCUT2D eigenvalue weighted by Crippen LogP contribution is -2.17. The molecule has 7 N–H and O–H groups in total. The van der Waals surface area contributed by atoms with Crippen molar-refractivity contribution >= 4 is 7.82 Å². The molecule has 0 saturated heterocycles. The number of pyridine rings is 2. The minimum absolute atomic E-state index is 0.00406. The van der Waals surface area contributed by atoms with E-state index < -0.39 is 14.4 Å². The molecule has 0 fully saturated rings. The molecule has 0 aliphatic heterocycles. The zero-order chi connectivity index (χ0) is 21.5. The Morgan fingerprint density at radius 1 is 1.00 bits per heavy atom. The molecule has 0 atom stereocenters. The number of aryl methyl sites for hydroxylation is 2. The van der Waals surface area contributed by atoms with Gasteiger partial charge in [-0.15, -0.1) is 0 Å². The Hall–Kier alpha value is -2.11. The fourth-order valence-electron chi connectivity index (χ4n) is 2.23. The largest absolute Gasteiger partial charge is 0.790 e. The first-order valence-electron chi connectivity index (χ1n) is 8.05. The SMILES string of the molecule is Cc1ncc(CO)c(CN)c1O.Cc1ncc(COP(=O)([O-])[O-])c(CN)c1O. The van der Waals surface area contributed by atoms with Crippen molar-refractivity contribution in [2.75, 3.05) is 0 Å². The Labute approximate surface area is 161 Å². The average molecular weight is 414 g/mol. The Morgan fingerprint density at radius 3 is 1.82 bits per heavy atom. The van der Waals surface area contributed by atoms with Crippen LogP contribution < -0.4 is 21.3 Å². The predicted octanol–water partition coefficient (Wildman–Crippen LogP) is -1.05. The Morgan fingerprint density at radius 2 is 1.43 bits per heavy atom. The van der Waals surface area contributed by atoms with Gasteiger partial charge in [0.05, 0.1) is 32.4 Å². The van der Waals surface area contributed by atoms with Crippen molar-refractivity contribution in [1.82, 2.24) is 9.97 Å². The summed E-state index contributed by atoms with van der Waals surface area (Å²) in [6.07, 6.45) is 2.84. The molecule has 0 radical (unpaired) electrons. The van der Waals surface area contributed by atoms with Crippen LogP contribution in [0.15, 0.2) is 12.4 Å². The van der Waals surface area contributed by atoms with Gasteiger partial charge in [0.1, 0.15) is 11.5 Å². The monoisotopic (exact) mass is 414 g/mol. The smallest absolute Gasteiger partial charge is 0.141 e. The summed E-state index contributed by atoms with van der Waals surface area (Å²) >= 11 is 0. The number of aromatic hydroxyl groups is 2. The van der Waals surface area contributed by atoms with E-state index in [1.165, 1.54) is 12.4 Å². The molecule has 2 aromatic rings. The summed E-state index contributed by atoms with van der Waals surface area (Å²) in [5.74, 6) is -0.0284. The van der Waals surface area contributed by atoms with Gasteiger partial charge in [-0.25, -0.2) is 0 Å². The molecule has 0 bridgehead atoms. The van der Waals surface area contributed by atoms with Crippen LogP contribution in [-0.4, -0.2) is 25.3 Å². The molecule has 28 heavy (non-hydrogen) atoms. The van der Waals surface area contributed by atoms with Gasteiger partial charge in [-0.1, -0.05) is 0 Å². The van der Waals surface area contributed by atoms with Crippen molar-refractivity contribution in [2.45, 2.75) is 40.2 Å². The van der Waals surface area contributed by atoms with Gasteiger partial charge >= 0.3 is 0 Å². The summed E-state index contributed by atoms with van der Waals surface area (Å²) in [5.41, 5.74) is 13.4. The molecule has 0 spiro atoms. The summed E-state index contributed by atoms with van der Waals surface area (Å²) in [5, 5.41) is 27.9. The number of hydrogen-bond acceptors (Lipinski definition) is 11.